The zero-order chi connectivity index (χ0) is 23.3. The van der Waals surface area contributed by atoms with Crippen LogP contribution in [0.2, 0.25) is 0 Å². The molecule has 32 heavy (non-hydrogen) atoms. The molecule has 0 aliphatic heterocycles. The van der Waals surface area contributed by atoms with Crippen LogP contribution in [0.5, 0.6) is 0 Å². The molecule has 0 fully saturated rings. The number of methoxy groups -OCH3 is 1. The maximum atomic E-state index is 13.5. The van der Waals surface area contributed by atoms with Gasteiger partial charge in [0.15, 0.2) is 0 Å². The topological polar surface area (TPSA) is 71.7 Å². The van der Waals surface area contributed by atoms with Crippen molar-refractivity contribution in [3.8, 4) is 16.8 Å². The highest BCUT2D eigenvalue weighted by molar-refractivity contribution is 5.80. The van der Waals surface area contributed by atoms with Gasteiger partial charge in [-0.15, -0.1) is 0 Å². The monoisotopic (exact) mass is 437 g/mol. The Bertz CT molecular complexity index is 1090. The number of hydrogen-bond donors (Lipinski definition) is 2. The zero-order valence-electron chi connectivity index (χ0n) is 18.5. The van der Waals surface area contributed by atoms with Crippen molar-refractivity contribution < 1.29 is 24.1 Å². The zero-order valence-corrected chi connectivity index (χ0v) is 18.5. The maximum absolute atomic E-state index is 13.5. The number of aliphatic hydroxyl groups is 2. The van der Waals surface area contributed by atoms with Crippen LogP contribution in [0.1, 0.15) is 29.8 Å². The Morgan fingerprint density at radius 3 is 2.34 bits per heavy atom. The molecule has 0 saturated carbocycles. The quantitative estimate of drug-likeness (QED) is 0.506. The molecule has 5 nitrogen and oxygen atoms in total. The van der Waals surface area contributed by atoms with E-state index in [1.165, 1.54) is 19.2 Å². The molecule has 2 N–H and O–H groups in total. The van der Waals surface area contributed by atoms with Crippen LogP contribution < -0.4 is 0 Å². The van der Waals surface area contributed by atoms with Crippen LogP contribution in [-0.2, 0) is 9.53 Å². The average molecular weight is 438 g/mol. The number of esters is 1. The number of aliphatic hydroxyl groups excluding tert-OH is 2. The van der Waals surface area contributed by atoms with E-state index in [4.69, 9.17) is 0 Å². The molecule has 168 valence electrons. The van der Waals surface area contributed by atoms with Crippen LogP contribution in [0.4, 0.5) is 4.39 Å². The van der Waals surface area contributed by atoms with Gasteiger partial charge in [0.25, 0.3) is 0 Å². The first kappa shape index (κ1) is 23.4. The Kier molecular flexibility index (Phi) is 7.62. The number of ether oxygens (including phenoxy) is 1. The van der Waals surface area contributed by atoms with E-state index in [-0.39, 0.29) is 18.7 Å². The average Bonchev–Trinajstić information content (AvgIpc) is 3.02. The summed E-state index contributed by atoms with van der Waals surface area (Å²) in [6.45, 7) is 4.00. The van der Waals surface area contributed by atoms with Gasteiger partial charge >= 0.3 is 5.97 Å². The lowest BCUT2D eigenvalue weighted by atomic mass is 9.99. The van der Waals surface area contributed by atoms with Gasteiger partial charge in [-0.3, -0.25) is 4.79 Å². The molecule has 1 aromatic heterocycles. The molecule has 0 saturated heterocycles. The molecule has 6 heteroatoms. The van der Waals surface area contributed by atoms with Gasteiger partial charge in [0.2, 0.25) is 0 Å². The van der Waals surface area contributed by atoms with E-state index < -0.39 is 18.2 Å². The van der Waals surface area contributed by atoms with E-state index >= 15 is 0 Å². The Morgan fingerprint density at radius 1 is 1.06 bits per heavy atom. The van der Waals surface area contributed by atoms with Gasteiger partial charge in [-0.25, -0.2) is 4.39 Å². The third kappa shape index (κ3) is 5.33. The van der Waals surface area contributed by atoms with Gasteiger partial charge < -0.3 is 19.5 Å². The number of rotatable bonds is 8. The Balaban J connectivity index is 1.99. The number of halogens is 1. The van der Waals surface area contributed by atoms with Crippen molar-refractivity contribution in [1.82, 2.24) is 4.57 Å². The van der Waals surface area contributed by atoms with E-state index in [1.807, 2.05) is 50.3 Å². The molecule has 0 radical (unpaired) electrons. The summed E-state index contributed by atoms with van der Waals surface area (Å²) in [6.07, 6.45) is 1.30. The number of aromatic nitrogens is 1. The Morgan fingerprint density at radius 2 is 1.72 bits per heavy atom. The smallest absolute Gasteiger partial charge is 0.308 e. The lowest BCUT2D eigenvalue weighted by Gasteiger charge is -2.12. The van der Waals surface area contributed by atoms with Gasteiger partial charge in [-0.05, 0) is 43.7 Å². The second kappa shape index (κ2) is 10.4. The van der Waals surface area contributed by atoms with Crippen LogP contribution in [0, 0.1) is 19.7 Å². The van der Waals surface area contributed by atoms with E-state index in [0.717, 1.165) is 33.8 Å². The van der Waals surface area contributed by atoms with Crippen LogP contribution >= 0.6 is 0 Å². The Labute approximate surface area is 187 Å². The molecular formula is C26H28FNO4. The number of carbonyl (C=O) groups excluding carboxylic acids is 1. The van der Waals surface area contributed by atoms with E-state index in [1.54, 1.807) is 18.2 Å². The number of benzene rings is 2. The standard InChI is InChI=1S/C26H28FNO4/c1-17-24(14-13-22(29)15-23(30)16-25(31)32-3)26(19-9-11-20(27)12-10-19)18(2)28(17)21-7-5-4-6-8-21/h4-14,22-23,29-30H,15-16H2,1-3H3/b14-13+. The summed E-state index contributed by atoms with van der Waals surface area (Å²) in [7, 11) is 1.25. The summed E-state index contributed by atoms with van der Waals surface area (Å²) in [5.74, 6) is -0.837. The van der Waals surface area contributed by atoms with Gasteiger partial charge in [0.1, 0.15) is 5.82 Å². The summed E-state index contributed by atoms with van der Waals surface area (Å²) in [5, 5.41) is 20.4. The van der Waals surface area contributed by atoms with Crippen molar-refractivity contribution in [2.24, 2.45) is 0 Å². The van der Waals surface area contributed by atoms with Crippen molar-refractivity contribution in [3.05, 3.63) is 83.4 Å². The normalized spacial score (nSPS) is 13.3. The number of carbonyl (C=O) groups is 1. The van der Waals surface area contributed by atoms with E-state index in [9.17, 15) is 19.4 Å². The van der Waals surface area contributed by atoms with Crippen molar-refractivity contribution in [3.63, 3.8) is 0 Å². The van der Waals surface area contributed by atoms with Gasteiger partial charge in [0.05, 0.1) is 25.7 Å². The molecule has 3 aromatic rings. The van der Waals surface area contributed by atoms with Crippen molar-refractivity contribution in [2.75, 3.05) is 7.11 Å². The molecule has 2 aromatic carbocycles. The van der Waals surface area contributed by atoms with Crippen molar-refractivity contribution in [1.29, 1.82) is 0 Å². The lowest BCUT2D eigenvalue weighted by molar-refractivity contribution is -0.143. The molecule has 0 bridgehead atoms. The highest BCUT2D eigenvalue weighted by Gasteiger charge is 2.19. The van der Waals surface area contributed by atoms with Crippen LogP contribution in [0.25, 0.3) is 22.9 Å². The molecule has 0 aliphatic carbocycles. The Hall–Kier alpha value is -3.22. The molecule has 3 rings (SSSR count). The minimum absolute atomic E-state index is 0.00883. The van der Waals surface area contributed by atoms with E-state index in [2.05, 4.69) is 9.30 Å². The SMILES string of the molecule is COC(=O)CC(O)CC(O)/C=C/c1c(-c2ccc(F)cc2)c(C)n(-c2ccccc2)c1C. The minimum atomic E-state index is -1.00. The maximum Gasteiger partial charge on any atom is 0.308 e. The van der Waals surface area contributed by atoms with Gasteiger partial charge in [-0.2, -0.15) is 0 Å². The fourth-order valence-electron chi connectivity index (χ4n) is 3.93. The highest BCUT2D eigenvalue weighted by Crippen LogP contribution is 2.35. The molecule has 0 amide bonds. The highest BCUT2D eigenvalue weighted by atomic mass is 19.1. The number of nitrogens with zero attached hydrogens (tertiary/aromatic N) is 1. The largest absolute Gasteiger partial charge is 0.469 e. The van der Waals surface area contributed by atoms with Crippen LogP contribution in [0.15, 0.2) is 60.7 Å². The molecule has 0 spiro atoms. The molecule has 0 aliphatic rings. The summed E-state index contributed by atoms with van der Waals surface area (Å²) in [6, 6.07) is 16.2. The molecule has 2 atom stereocenters. The summed E-state index contributed by atoms with van der Waals surface area (Å²) < 4.78 is 20.2. The third-order valence-corrected chi connectivity index (χ3v) is 5.47. The predicted octanol–water partition coefficient (Wildman–Crippen LogP) is 4.59. The molecule has 1 heterocycles. The summed E-state index contributed by atoms with van der Waals surface area (Å²) >= 11 is 0. The van der Waals surface area contributed by atoms with Crippen molar-refractivity contribution >= 4 is 12.0 Å². The number of para-hydroxylation sites is 1. The second-order valence-electron chi connectivity index (χ2n) is 7.73. The lowest BCUT2D eigenvalue weighted by Crippen LogP contribution is -2.20. The summed E-state index contributed by atoms with van der Waals surface area (Å²) in [5.41, 5.74) is 5.64. The van der Waals surface area contributed by atoms with Gasteiger partial charge in [0, 0.05) is 34.6 Å². The van der Waals surface area contributed by atoms with E-state index in [0.29, 0.717) is 0 Å². The fraction of sp³-hybridized carbons (Fsp3) is 0.269. The molecule has 2 unspecified atom stereocenters. The van der Waals surface area contributed by atoms with Crippen LogP contribution in [0.3, 0.4) is 0 Å². The number of hydrogen-bond acceptors (Lipinski definition) is 4. The van der Waals surface area contributed by atoms with Crippen molar-refractivity contribution in [2.45, 2.75) is 38.9 Å². The molecular weight excluding hydrogens is 409 g/mol. The van der Waals surface area contributed by atoms with Gasteiger partial charge in [-0.1, -0.05) is 42.5 Å². The predicted molar refractivity (Wildman–Crippen MR) is 123 cm³/mol. The first-order chi connectivity index (χ1) is 15.3. The fourth-order valence-corrected chi connectivity index (χ4v) is 3.93. The first-order valence-electron chi connectivity index (χ1n) is 10.5. The summed E-state index contributed by atoms with van der Waals surface area (Å²) in [4.78, 5) is 11.3. The first-order valence-corrected chi connectivity index (χ1v) is 10.5. The third-order valence-electron chi connectivity index (χ3n) is 5.47. The minimum Gasteiger partial charge on any atom is -0.469 e. The van der Waals surface area contributed by atoms with Crippen LogP contribution in [-0.4, -0.2) is 40.1 Å². The second-order valence-corrected chi connectivity index (χ2v) is 7.73.